The lowest BCUT2D eigenvalue weighted by Crippen LogP contribution is -2.50. The molecule has 0 fully saturated rings. The smallest absolute Gasteiger partial charge is 0.323 e. The molecule has 45 heavy (non-hydrogen) atoms. The first-order valence-corrected chi connectivity index (χ1v) is 15.8. The fourth-order valence-electron chi connectivity index (χ4n) is 5.10. The van der Waals surface area contributed by atoms with Crippen molar-refractivity contribution < 1.29 is 42.1 Å². The van der Waals surface area contributed by atoms with E-state index in [0.717, 1.165) is 0 Å². The van der Waals surface area contributed by atoms with E-state index in [1.54, 1.807) is 55.5 Å². The van der Waals surface area contributed by atoms with Crippen LogP contribution in [0.4, 0.5) is 16.2 Å². The minimum absolute atomic E-state index is 0.0672. The van der Waals surface area contributed by atoms with Gasteiger partial charge in [-0.15, -0.1) is 0 Å². The number of para-hydroxylation sites is 1. The summed E-state index contributed by atoms with van der Waals surface area (Å²) in [4.78, 5) is 28.5. The number of sulfonamides is 1. The second-order valence-corrected chi connectivity index (χ2v) is 13.0. The van der Waals surface area contributed by atoms with Gasteiger partial charge in [-0.2, -0.15) is 4.31 Å². The van der Waals surface area contributed by atoms with Crippen molar-refractivity contribution in [2.45, 2.75) is 30.9 Å². The van der Waals surface area contributed by atoms with Crippen molar-refractivity contribution in [2.24, 2.45) is 5.92 Å². The number of rotatable bonds is 9. The van der Waals surface area contributed by atoms with Crippen molar-refractivity contribution in [3.05, 3.63) is 66.2 Å². The van der Waals surface area contributed by atoms with Crippen LogP contribution in [0.5, 0.6) is 23.0 Å². The SMILES string of the molecule is COc1ccc(S(=O)(=O)N(C)C[C@H]2Oc3c(NC(=O)Nc4ccc5c(c4)OCO5)cccc3C(=O)N([C@@H](C)CO)C[C@H]2C)cc1. The van der Waals surface area contributed by atoms with E-state index >= 15 is 0 Å². The van der Waals surface area contributed by atoms with Gasteiger partial charge in [0, 0.05) is 31.3 Å². The van der Waals surface area contributed by atoms with E-state index in [9.17, 15) is 23.1 Å². The third kappa shape index (κ3) is 6.77. The molecular weight excluding hydrogens is 604 g/mol. The van der Waals surface area contributed by atoms with Crippen molar-refractivity contribution >= 4 is 33.3 Å². The number of fused-ring (bicyclic) bond motifs is 2. The molecule has 0 spiro atoms. The maximum atomic E-state index is 13.8. The van der Waals surface area contributed by atoms with Crippen molar-refractivity contribution in [3.8, 4) is 23.0 Å². The number of aliphatic hydroxyl groups is 1. The van der Waals surface area contributed by atoms with Crippen LogP contribution in [0.1, 0.15) is 24.2 Å². The Labute approximate surface area is 261 Å². The van der Waals surface area contributed by atoms with Gasteiger partial charge in [-0.3, -0.25) is 4.79 Å². The molecule has 240 valence electrons. The van der Waals surface area contributed by atoms with Crippen LogP contribution < -0.4 is 29.6 Å². The summed E-state index contributed by atoms with van der Waals surface area (Å²) in [5.74, 6) is 0.908. The average Bonchev–Trinajstić information content (AvgIpc) is 3.50. The van der Waals surface area contributed by atoms with Crippen LogP contribution in [0, 0.1) is 5.92 Å². The first-order valence-electron chi connectivity index (χ1n) is 14.3. The van der Waals surface area contributed by atoms with Crippen LogP contribution in [-0.4, -0.2) is 87.5 Å². The van der Waals surface area contributed by atoms with Gasteiger partial charge in [-0.25, -0.2) is 13.2 Å². The summed E-state index contributed by atoms with van der Waals surface area (Å²) in [6, 6.07) is 14.7. The fourth-order valence-corrected chi connectivity index (χ4v) is 6.28. The van der Waals surface area contributed by atoms with Gasteiger partial charge in [0.2, 0.25) is 16.8 Å². The molecule has 0 bridgehead atoms. The Bertz CT molecular complexity index is 1670. The topological polar surface area (TPSA) is 156 Å². The van der Waals surface area contributed by atoms with E-state index in [0.29, 0.717) is 22.9 Å². The molecule has 0 radical (unpaired) electrons. The number of nitrogens with one attached hydrogen (secondary N) is 2. The van der Waals surface area contributed by atoms with E-state index in [1.807, 2.05) is 6.92 Å². The van der Waals surface area contributed by atoms with Gasteiger partial charge in [-0.05, 0) is 55.5 Å². The standard InChI is InChI=1S/C31H36N4O9S/c1-19-15-35(20(2)17-36)30(37)24-6-5-7-25(33-31(38)32-21-8-13-26-27(14-21)43-18-42-26)29(24)44-28(19)16-34(3)45(39,40)23-11-9-22(41-4)10-12-23/h5-14,19-20,28,36H,15-18H2,1-4H3,(H2,32,33,38)/t19-,20+,28-/m1/s1. The minimum atomic E-state index is -3.92. The number of anilines is 2. The highest BCUT2D eigenvalue weighted by molar-refractivity contribution is 7.89. The van der Waals surface area contributed by atoms with Crippen LogP contribution in [0.15, 0.2) is 65.6 Å². The highest BCUT2D eigenvalue weighted by Gasteiger charge is 2.36. The number of methoxy groups -OCH3 is 1. The summed E-state index contributed by atoms with van der Waals surface area (Å²) >= 11 is 0. The Morgan fingerprint density at radius 3 is 2.56 bits per heavy atom. The molecule has 3 amide bonds. The van der Waals surface area contributed by atoms with Crippen LogP contribution in [0.2, 0.25) is 0 Å². The fraction of sp³-hybridized carbons (Fsp3) is 0.355. The van der Waals surface area contributed by atoms with Crippen molar-refractivity contribution in [1.29, 1.82) is 0 Å². The van der Waals surface area contributed by atoms with Gasteiger partial charge >= 0.3 is 6.03 Å². The summed E-state index contributed by atoms with van der Waals surface area (Å²) in [5, 5.41) is 15.4. The molecule has 3 atom stereocenters. The number of urea groups is 1. The lowest BCUT2D eigenvalue weighted by molar-refractivity contribution is 0.0389. The first-order chi connectivity index (χ1) is 21.5. The quantitative estimate of drug-likeness (QED) is 0.318. The highest BCUT2D eigenvalue weighted by atomic mass is 32.2. The normalized spacial score (nSPS) is 18.4. The second kappa shape index (κ2) is 13.2. The van der Waals surface area contributed by atoms with Gasteiger partial charge in [0.05, 0.1) is 42.4 Å². The van der Waals surface area contributed by atoms with Gasteiger partial charge in [0.15, 0.2) is 17.2 Å². The predicted molar refractivity (Wildman–Crippen MR) is 166 cm³/mol. The Morgan fingerprint density at radius 1 is 1.11 bits per heavy atom. The summed E-state index contributed by atoms with van der Waals surface area (Å²) in [7, 11) is -0.968. The zero-order valence-electron chi connectivity index (χ0n) is 25.3. The lowest BCUT2D eigenvalue weighted by atomic mass is 9.99. The number of carbonyl (C=O) groups excluding carboxylic acids is 2. The van der Waals surface area contributed by atoms with E-state index in [-0.39, 0.29) is 54.3 Å². The van der Waals surface area contributed by atoms with Crippen molar-refractivity contribution in [2.75, 3.05) is 51.3 Å². The van der Waals surface area contributed by atoms with Crippen LogP contribution in [-0.2, 0) is 10.0 Å². The molecule has 3 aromatic carbocycles. The van der Waals surface area contributed by atoms with Crippen molar-refractivity contribution in [3.63, 3.8) is 0 Å². The zero-order valence-corrected chi connectivity index (χ0v) is 26.2. The Balaban J connectivity index is 1.44. The molecule has 2 aliphatic heterocycles. The molecular formula is C31H36N4O9S. The van der Waals surface area contributed by atoms with Gasteiger partial charge in [0.1, 0.15) is 11.9 Å². The third-order valence-corrected chi connectivity index (χ3v) is 9.61. The van der Waals surface area contributed by atoms with Gasteiger partial charge < -0.3 is 39.6 Å². The van der Waals surface area contributed by atoms with Crippen molar-refractivity contribution in [1.82, 2.24) is 9.21 Å². The Hall–Kier alpha value is -4.53. The summed E-state index contributed by atoms with van der Waals surface area (Å²) in [6.07, 6.45) is -0.747. The number of amides is 3. The predicted octanol–water partition coefficient (Wildman–Crippen LogP) is 3.61. The molecule has 13 nitrogen and oxygen atoms in total. The lowest BCUT2D eigenvalue weighted by Gasteiger charge is -2.38. The Kier molecular flexibility index (Phi) is 9.37. The van der Waals surface area contributed by atoms with Gasteiger partial charge in [0.25, 0.3) is 5.91 Å². The number of aliphatic hydroxyl groups excluding tert-OH is 1. The maximum Gasteiger partial charge on any atom is 0.323 e. The average molecular weight is 641 g/mol. The molecule has 0 saturated carbocycles. The molecule has 14 heteroatoms. The monoisotopic (exact) mass is 640 g/mol. The number of nitrogens with zero attached hydrogens (tertiary/aromatic N) is 2. The molecule has 3 N–H and O–H groups in total. The summed E-state index contributed by atoms with van der Waals surface area (Å²) in [5.41, 5.74) is 0.816. The molecule has 0 aromatic heterocycles. The summed E-state index contributed by atoms with van der Waals surface area (Å²) in [6.45, 7) is 3.51. The zero-order chi connectivity index (χ0) is 32.3. The number of ether oxygens (including phenoxy) is 4. The second-order valence-electron chi connectivity index (χ2n) is 10.9. The molecule has 3 aromatic rings. The number of hydrogen-bond donors (Lipinski definition) is 3. The van der Waals surface area contributed by atoms with E-state index in [2.05, 4.69) is 10.6 Å². The Morgan fingerprint density at radius 2 is 1.84 bits per heavy atom. The molecule has 0 aliphatic carbocycles. The largest absolute Gasteiger partial charge is 0.497 e. The van der Waals surface area contributed by atoms with E-state index in [4.69, 9.17) is 18.9 Å². The van der Waals surface area contributed by atoms with E-state index < -0.39 is 34.1 Å². The first kappa shape index (κ1) is 31.9. The number of likely N-dealkylation sites (N-methyl/N-ethyl adjacent to an activating group) is 1. The van der Waals surface area contributed by atoms with Crippen LogP contribution in [0.3, 0.4) is 0 Å². The van der Waals surface area contributed by atoms with Crippen LogP contribution in [0.25, 0.3) is 0 Å². The third-order valence-electron chi connectivity index (χ3n) is 7.77. The summed E-state index contributed by atoms with van der Waals surface area (Å²) < 4.78 is 50.5. The molecule has 0 saturated heterocycles. The van der Waals surface area contributed by atoms with Crippen LogP contribution >= 0.6 is 0 Å². The maximum absolute atomic E-state index is 13.8. The number of hydrogen-bond acceptors (Lipinski definition) is 9. The van der Waals surface area contributed by atoms with E-state index in [1.165, 1.54) is 35.5 Å². The molecule has 0 unspecified atom stereocenters. The number of carbonyl (C=O) groups is 2. The highest BCUT2D eigenvalue weighted by Crippen LogP contribution is 2.37. The van der Waals surface area contributed by atoms with Gasteiger partial charge in [-0.1, -0.05) is 13.0 Å². The molecule has 5 rings (SSSR count). The molecule has 2 aliphatic rings. The number of benzene rings is 3. The molecule has 2 heterocycles. The minimum Gasteiger partial charge on any atom is -0.497 e.